The molecule has 4 heterocycles. The molecule has 11 nitrogen and oxygen atoms in total. The minimum absolute atomic E-state index is 0.243. The van der Waals surface area contributed by atoms with Gasteiger partial charge in [0.2, 0.25) is 17.8 Å². The summed E-state index contributed by atoms with van der Waals surface area (Å²) in [6.07, 6.45) is 1.36. The van der Waals surface area contributed by atoms with E-state index in [0.29, 0.717) is 35.0 Å². The molecular weight excluding hydrogens is 398 g/mol. The zero-order valence-electron chi connectivity index (χ0n) is 17.3. The highest BCUT2D eigenvalue weighted by molar-refractivity contribution is 5.92. The maximum Gasteiger partial charge on any atom is 0.281 e. The summed E-state index contributed by atoms with van der Waals surface area (Å²) in [5.41, 5.74) is 6.04. The molecule has 1 fully saturated rings. The zero-order chi connectivity index (χ0) is 22.0. The van der Waals surface area contributed by atoms with Crippen molar-refractivity contribution in [3.05, 3.63) is 34.2 Å². The van der Waals surface area contributed by atoms with Gasteiger partial charge in [0.05, 0.1) is 12.1 Å². The number of imidazole rings is 1. The molecule has 1 aliphatic rings. The first-order valence-corrected chi connectivity index (χ1v) is 9.85. The summed E-state index contributed by atoms with van der Waals surface area (Å²) in [6, 6.07) is 3.15. The third kappa shape index (κ3) is 3.93. The Morgan fingerprint density at radius 3 is 2.71 bits per heavy atom. The van der Waals surface area contributed by atoms with Gasteiger partial charge in [0.1, 0.15) is 5.82 Å². The van der Waals surface area contributed by atoms with Crippen molar-refractivity contribution in [2.24, 2.45) is 12.8 Å². The fraction of sp³-hybridized carbons (Fsp3) is 0.350. The van der Waals surface area contributed by atoms with Gasteiger partial charge >= 0.3 is 0 Å². The number of rotatable bonds is 5. The normalized spacial score (nSPS) is 13.7. The number of nitrogens with zero attached hydrogens (tertiary/aromatic N) is 6. The van der Waals surface area contributed by atoms with Crippen LogP contribution in [0.4, 0.5) is 17.7 Å². The van der Waals surface area contributed by atoms with E-state index in [1.165, 1.54) is 10.8 Å². The number of hydrogen-bond donors (Lipinski definition) is 3. The molecule has 0 aliphatic carbocycles. The lowest BCUT2D eigenvalue weighted by atomic mass is 10.3. The molecule has 11 heteroatoms. The molecule has 0 unspecified atom stereocenters. The molecule has 1 amide bonds. The zero-order valence-corrected chi connectivity index (χ0v) is 17.3. The molecule has 1 saturated heterocycles. The van der Waals surface area contributed by atoms with Gasteiger partial charge in [0.25, 0.3) is 5.56 Å². The van der Waals surface area contributed by atoms with E-state index >= 15 is 0 Å². The standard InChI is InChI=1S/C20H23N9O2/c1-3-4-9-29-15-17(26-20(29)28-10-7-22-8-11-28)25-19(27(2)18(15)31)24-14-6-5-13(12-23-14)16(21)30/h5-6,12,22H,7-11H2,1-2H3,(H2,21,30)(H,23,24,25). The summed E-state index contributed by atoms with van der Waals surface area (Å²) < 4.78 is 3.24. The average Bonchev–Trinajstić information content (AvgIpc) is 3.15. The van der Waals surface area contributed by atoms with Crippen LogP contribution in [0.5, 0.6) is 0 Å². The SMILES string of the molecule is CC#CCn1c(N2CCNCC2)nc2nc(Nc3ccc(C(N)=O)cn3)n(C)c(=O)c21. The first-order chi connectivity index (χ1) is 15.0. The molecule has 160 valence electrons. The number of pyridine rings is 1. The van der Waals surface area contributed by atoms with Crippen molar-refractivity contribution in [2.45, 2.75) is 13.5 Å². The Morgan fingerprint density at radius 2 is 2.06 bits per heavy atom. The lowest BCUT2D eigenvalue weighted by Crippen LogP contribution is -2.44. The van der Waals surface area contributed by atoms with Gasteiger partial charge in [0.15, 0.2) is 11.2 Å². The summed E-state index contributed by atoms with van der Waals surface area (Å²) in [4.78, 5) is 40.0. The Balaban J connectivity index is 1.78. The molecule has 4 rings (SSSR count). The van der Waals surface area contributed by atoms with Crippen molar-refractivity contribution in [3.8, 4) is 11.8 Å². The van der Waals surface area contributed by atoms with Crippen LogP contribution in [0.15, 0.2) is 23.1 Å². The number of carbonyl (C=O) groups is 1. The van der Waals surface area contributed by atoms with Gasteiger partial charge in [-0.05, 0) is 19.1 Å². The molecule has 0 atom stereocenters. The van der Waals surface area contributed by atoms with Crippen molar-refractivity contribution in [2.75, 3.05) is 36.4 Å². The lowest BCUT2D eigenvalue weighted by molar-refractivity contribution is 0.1000. The number of nitrogens with two attached hydrogens (primary N) is 1. The van der Waals surface area contributed by atoms with Crippen LogP contribution >= 0.6 is 0 Å². The summed E-state index contributed by atoms with van der Waals surface area (Å²) in [5.74, 6) is 6.74. The highest BCUT2D eigenvalue weighted by Crippen LogP contribution is 2.21. The van der Waals surface area contributed by atoms with E-state index in [-0.39, 0.29) is 11.5 Å². The average molecular weight is 421 g/mol. The van der Waals surface area contributed by atoms with Gasteiger partial charge in [-0.3, -0.25) is 18.7 Å². The second-order valence-electron chi connectivity index (χ2n) is 7.05. The Morgan fingerprint density at radius 1 is 1.29 bits per heavy atom. The van der Waals surface area contributed by atoms with Crippen LogP contribution in [0.25, 0.3) is 11.2 Å². The Kier molecular flexibility index (Phi) is 5.55. The summed E-state index contributed by atoms with van der Waals surface area (Å²) >= 11 is 0. The molecule has 0 aromatic carbocycles. The van der Waals surface area contributed by atoms with Crippen LogP contribution in [-0.2, 0) is 13.6 Å². The molecule has 3 aromatic rings. The van der Waals surface area contributed by atoms with Crippen molar-refractivity contribution < 1.29 is 4.79 Å². The van der Waals surface area contributed by atoms with E-state index in [1.807, 2.05) is 4.57 Å². The highest BCUT2D eigenvalue weighted by atomic mass is 16.1. The summed E-state index contributed by atoms with van der Waals surface area (Å²) in [7, 11) is 1.63. The maximum absolute atomic E-state index is 13.2. The lowest BCUT2D eigenvalue weighted by Gasteiger charge is -2.28. The topological polar surface area (TPSA) is 136 Å². The van der Waals surface area contributed by atoms with Crippen LogP contribution in [0.1, 0.15) is 17.3 Å². The number of hydrogen-bond acceptors (Lipinski definition) is 8. The quantitative estimate of drug-likeness (QED) is 0.482. The van der Waals surface area contributed by atoms with Gasteiger partial charge in [-0.15, -0.1) is 5.92 Å². The molecule has 3 aromatic heterocycles. The van der Waals surface area contributed by atoms with E-state index in [4.69, 9.17) is 5.73 Å². The largest absolute Gasteiger partial charge is 0.366 e. The molecule has 0 bridgehead atoms. The number of piperazine rings is 1. The molecule has 0 spiro atoms. The molecule has 31 heavy (non-hydrogen) atoms. The predicted molar refractivity (Wildman–Crippen MR) is 117 cm³/mol. The van der Waals surface area contributed by atoms with Crippen molar-refractivity contribution in [1.29, 1.82) is 0 Å². The van der Waals surface area contributed by atoms with Crippen LogP contribution < -0.4 is 26.8 Å². The Hall–Kier alpha value is -3.91. The second kappa shape index (κ2) is 8.45. The summed E-state index contributed by atoms with van der Waals surface area (Å²) in [6.45, 7) is 5.36. The monoisotopic (exact) mass is 421 g/mol. The fourth-order valence-electron chi connectivity index (χ4n) is 3.40. The van der Waals surface area contributed by atoms with Gasteiger partial charge in [0, 0.05) is 39.4 Å². The number of fused-ring (bicyclic) bond motifs is 1. The number of amides is 1. The third-order valence-corrected chi connectivity index (χ3v) is 5.07. The van der Waals surface area contributed by atoms with E-state index in [9.17, 15) is 9.59 Å². The van der Waals surface area contributed by atoms with Crippen LogP contribution in [0.3, 0.4) is 0 Å². The fourth-order valence-corrected chi connectivity index (χ4v) is 3.40. The third-order valence-electron chi connectivity index (χ3n) is 5.07. The first-order valence-electron chi connectivity index (χ1n) is 9.85. The van der Waals surface area contributed by atoms with Crippen molar-refractivity contribution in [3.63, 3.8) is 0 Å². The van der Waals surface area contributed by atoms with Gasteiger partial charge in [-0.25, -0.2) is 4.98 Å². The predicted octanol–water partition coefficient (Wildman–Crippen LogP) is -0.200. The van der Waals surface area contributed by atoms with E-state index in [1.54, 1.807) is 26.1 Å². The molecule has 0 radical (unpaired) electrons. The number of aromatic nitrogens is 5. The van der Waals surface area contributed by atoms with Crippen LogP contribution in [0.2, 0.25) is 0 Å². The highest BCUT2D eigenvalue weighted by Gasteiger charge is 2.23. The van der Waals surface area contributed by atoms with Crippen molar-refractivity contribution >= 4 is 34.8 Å². The number of nitrogens with one attached hydrogen (secondary N) is 2. The molecule has 1 aliphatic heterocycles. The smallest absolute Gasteiger partial charge is 0.281 e. The van der Waals surface area contributed by atoms with Gasteiger partial charge in [-0.2, -0.15) is 9.97 Å². The molecule has 4 N–H and O–H groups in total. The maximum atomic E-state index is 13.2. The second-order valence-corrected chi connectivity index (χ2v) is 7.05. The summed E-state index contributed by atoms with van der Waals surface area (Å²) in [5, 5.41) is 6.33. The van der Waals surface area contributed by atoms with E-state index in [0.717, 1.165) is 26.2 Å². The van der Waals surface area contributed by atoms with E-state index < -0.39 is 5.91 Å². The van der Waals surface area contributed by atoms with E-state index in [2.05, 4.69) is 42.3 Å². The molecular formula is C20H23N9O2. The number of primary amides is 1. The number of carbonyl (C=O) groups excluding carboxylic acids is 1. The molecule has 0 saturated carbocycles. The van der Waals surface area contributed by atoms with Crippen molar-refractivity contribution in [1.82, 2.24) is 29.4 Å². The van der Waals surface area contributed by atoms with Gasteiger partial charge < -0.3 is 21.3 Å². The van der Waals surface area contributed by atoms with Crippen LogP contribution in [-0.4, -0.2) is 56.2 Å². The first kappa shape index (κ1) is 20.4. The minimum atomic E-state index is -0.563. The van der Waals surface area contributed by atoms with Crippen LogP contribution in [0, 0.1) is 11.8 Å². The Bertz CT molecular complexity index is 1240. The van der Waals surface area contributed by atoms with Gasteiger partial charge in [-0.1, -0.05) is 5.92 Å². The number of anilines is 3. The Labute approximate surface area is 178 Å². The minimum Gasteiger partial charge on any atom is -0.366 e.